The summed E-state index contributed by atoms with van der Waals surface area (Å²) in [5.41, 5.74) is 2.02. The lowest BCUT2D eigenvalue weighted by molar-refractivity contribution is 0.103. The van der Waals surface area contributed by atoms with Crippen molar-refractivity contribution >= 4 is 112 Å². The van der Waals surface area contributed by atoms with Crippen LogP contribution in [0.1, 0.15) is 38.8 Å². The van der Waals surface area contributed by atoms with Crippen molar-refractivity contribution in [3.63, 3.8) is 0 Å². The molecule has 0 bridgehead atoms. The van der Waals surface area contributed by atoms with Crippen molar-refractivity contribution in [3.8, 4) is 11.5 Å². The van der Waals surface area contributed by atoms with Gasteiger partial charge < -0.3 is 14.2 Å². The highest BCUT2D eigenvalue weighted by molar-refractivity contribution is 9.12. The zero-order valence-corrected chi connectivity index (χ0v) is 31.0. The number of rotatable bonds is 13. The van der Waals surface area contributed by atoms with E-state index < -0.39 is 0 Å². The SMILES string of the molecule is CC(C)COCC(Br)COc1c(Br)cc(C(C)(C)c2cc(Br)c(OCC(Br)CBr)c(Br)c2)cc1Br. The number of hydrogen-bond donors (Lipinski definition) is 0. The second-order valence-corrected chi connectivity index (χ2v) is 15.7. The van der Waals surface area contributed by atoms with Gasteiger partial charge in [-0.05, 0) is 105 Å². The van der Waals surface area contributed by atoms with Crippen molar-refractivity contribution in [3.05, 3.63) is 53.3 Å². The molecule has 2 aromatic rings. The molecule has 35 heavy (non-hydrogen) atoms. The number of hydrogen-bond acceptors (Lipinski definition) is 3. The Labute approximate surface area is 268 Å². The van der Waals surface area contributed by atoms with E-state index in [-0.39, 0.29) is 15.1 Å². The topological polar surface area (TPSA) is 27.7 Å². The van der Waals surface area contributed by atoms with Crippen molar-refractivity contribution in [2.45, 2.75) is 42.8 Å². The Morgan fingerprint density at radius 1 is 0.686 bits per heavy atom. The van der Waals surface area contributed by atoms with Gasteiger partial charge in [-0.25, -0.2) is 0 Å². The highest BCUT2D eigenvalue weighted by Crippen LogP contribution is 2.44. The maximum Gasteiger partial charge on any atom is 0.147 e. The summed E-state index contributed by atoms with van der Waals surface area (Å²) < 4.78 is 21.4. The van der Waals surface area contributed by atoms with Crippen LogP contribution in [0.4, 0.5) is 0 Å². The Balaban J connectivity index is 2.20. The largest absolute Gasteiger partial charge is 0.490 e. The minimum atomic E-state index is -0.274. The van der Waals surface area contributed by atoms with Crippen LogP contribution in [0.15, 0.2) is 42.2 Å². The summed E-state index contributed by atoms with van der Waals surface area (Å²) in [6.45, 7) is 11.1. The standard InChI is InChI=1S/C25H29Br7O3/c1-14(2)10-33-11-18(28)13-35-24-21(31)7-16(8-22(24)32)25(3,4)15-5-19(29)23(20(30)6-15)34-12-17(27)9-26/h5-8,14,17-18H,9-13H2,1-4H3. The van der Waals surface area contributed by atoms with Crippen LogP contribution >= 0.6 is 112 Å². The third kappa shape index (κ3) is 9.80. The maximum atomic E-state index is 6.11. The van der Waals surface area contributed by atoms with E-state index in [0.717, 1.165) is 52.5 Å². The Hall–Kier alpha value is 1.36. The second kappa shape index (κ2) is 15.2. The molecule has 2 unspecified atom stereocenters. The van der Waals surface area contributed by atoms with Gasteiger partial charge in [-0.3, -0.25) is 0 Å². The fourth-order valence-corrected chi connectivity index (χ4v) is 6.62. The molecule has 0 saturated carbocycles. The Morgan fingerprint density at radius 3 is 1.46 bits per heavy atom. The van der Waals surface area contributed by atoms with Crippen LogP contribution in [-0.2, 0) is 10.2 Å². The van der Waals surface area contributed by atoms with Gasteiger partial charge in [0.1, 0.15) is 24.7 Å². The molecule has 0 saturated heterocycles. The Bertz CT molecular complexity index is 936. The number of benzene rings is 2. The van der Waals surface area contributed by atoms with E-state index in [4.69, 9.17) is 14.2 Å². The summed E-state index contributed by atoms with van der Waals surface area (Å²) in [4.78, 5) is 0.348. The molecule has 196 valence electrons. The van der Waals surface area contributed by atoms with Crippen molar-refractivity contribution < 1.29 is 14.2 Å². The van der Waals surface area contributed by atoms with Gasteiger partial charge in [0.15, 0.2) is 0 Å². The molecule has 2 rings (SSSR count). The van der Waals surface area contributed by atoms with E-state index in [1.54, 1.807) is 0 Å². The quantitative estimate of drug-likeness (QED) is 0.187. The lowest BCUT2D eigenvalue weighted by Crippen LogP contribution is -2.21. The second-order valence-electron chi connectivity index (χ2n) is 9.07. The van der Waals surface area contributed by atoms with Crippen LogP contribution in [0.25, 0.3) is 0 Å². The van der Waals surface area contributed by atoms with E-state index in [9.17, 15) is 0 Å². The van der Waals surface area contributed by atoms with E-state index in [0.29, 0.717) is 25.7 Å². The third-order valence-electron chi connectivity index (χ3n) is 5.17. The van der Waals surface area contributed by atoms with Crippen molar-refractivity contribution in [2.75, 3.05) is 31.8 Å². The Morgan fingerprint density at radius 2 is 1.09 bits per heavy atom. The molecule has 0 aliphatic rings. The monoisotopic (exact) mass is 930 g/mol. The summed E-state index contributed by atoms with van der Waals surface area (Å²) in [7, 11) is 0. The van der Waals surface area contributed by atoms with Crippen LogP contribution in [-0.4, -0.2) is 41.4 Å². The normalized spacial score (nSPS) is 13.7. The highest BCUT2D eigenvalue weighted by atomic mass is 79.9. The first kappa shape index (κ1) is 32.6. The van der Waals surface area contributed by atoms with Crippen LogP contribution < -0.4 is 9.47 Å². The first-order valence-corrected chi connectivity index (χ1v) is 17.2. The highest BCUT2D eigenvalue weighted by Gasteiger charge is 2.27. The average Bonchev–Trinajstić information content (AvgIpc) is 2.77. The molecule has 0 aliphatic heterocycles. The Kier molecular flexibility index (Phi) is 14.2. The van der Waals surface area contributed by atoms with E-state index in [2.05, 4.69) is 163 Å². The predicted molar refractivity (Wildman–Crippen MR) is 172 cm³/mol. The van der Waals surface area contributed by atoms with Crippen molar-refractivity contribution in [2.24, 2.45) is 5.92 Å². The number of ether oxygens (including phenoxy) is 3. The van der Waals surface area contributed by atoms with Gasteiger partial charge in [0.05, 0.1) is 34.2 Å². The molecule has 0 fully saturated rings. The van der Waals surface area contributed by atoms with Gasteiger partial charge in [-0.1, -0.05) is 75.5 Å². The van der Waals surface area contributed by atoms with Gasteiger partial charge in [0.25, 0.3) is 0 Å². The van der Waals surface area contributed by atoms with Crippen LogP contribution in [0.3, 0.4) is 0 Å². The maximum absolute atomic E-state index is 6.11. The molecule has 0 N–H and O–H groups in total. The number of alkyl halides is 3. The molecule has 0 aliphatic carbocycles. The molecule has 0 radical (unpaired) electrons. The zero-order chi connectivity index (χ0) is 26.3. The van der Waals surface area contributed by atoms with Gasteiger partial charge in [0.2, 0.25) is 0 Å². The molecule has 0 heterocycles. The van der Waals surface area contributed by atoms with Gasteiger partial charge in [0, 0.05) is 17.4 Å². The van der Waals surface area contributed by atoms with Crippen molar-refractivity contribution in [1.29, 1.82) is 0 Å². The average molecular weight is 937 g/mol. The van der Waals surface area contributed by atoms with Crippen LogP contribution in [0, 0.1) is 5.92 Å². The first-order chi connectivity index (χ1) is 16.4. The predicted octanol–water partition coefficient (Wildman–Crippen LogP) is 10.4. The molecular weight excluding hydrogens is 908 g/mol. The molecule has 0 amide bonds. The fourth-order valence-electron chi connectivity index (χ4n) is 3.16. The molecule has 2 atom stereocenters. The summed E-state index contributed by atoms with van der Waals surface area (Å²) in [5.74, 6) is 2.09. The lowest BCUT2D eigenvalue weighted by atomic mass is 9.78. The van der Waals surface area contributed by atoms with Gasteiger partial charge in [-0.2, -0.15) is 0 Å². The fraction of sp³-hybridized carbons (Fsp3) is 0.520. The van der Waals surface area contributed by atoms with E-state index in [1.165, 1.54) is 0 Å². The van der Waals surface area contributed by atoms with E-state index in [1.807, 2.05) is 0 Å². The number of halogens is 7. The van der Waals surface area contributed by atoms with Crippen LogP contribution in [0.2, 0.25) is 0 Å². The molecule has 0 spiro atoms. The lowest BCUT2D eigenvalue weighted by Gasteiger charge is -2.28. The molecule has 3 nitrogen and oxygen atoms in total. The summed E-state index contributed by atoms with van der Waals surface area (Å²) in [5, 5.41) is 0.818. The van der Waals surface area contributed by atoms with Crippen LogP contribution in [0.5, 0.6) is 11.5 Å². The minimum Gasteiger partial charge on any atom is -0.490 e. The van der Waals surface area contributed by atoms with E-state index >= 15 is 0 Å². The molecule has 2 aromatic carbocycles. The smallest absolute Gasteiger partial charge is 0.147 e. The first-order valence-electron chi connectivity index (χ1n) is 11.0. The summed E-state index contributed by atoms with van der Waals surface area (Å²) in [6.07, 6.45) is 0. The third-order valence-corrected chi connectivity index (χ3v) is 10.3. The van der Waals surface area contributed by atoms with Gasteiger partial charge in [-0.15, -0.1) is 0 Å². The molecule has 10 heteroatoms. The summed E-state index contributed by atoms with van der Waals surface area (Å²) in [6, 6.07) is 8.49. The summed E-state index contributed by atoms with van der Waals surface area (Å²) >= 11 is 25.5. The molecular formula is C25H29Br7O3. The minimum absolute atomic E-state index is 0.112. The zero-order valence-electron chi connectivity index (χ0n) is 19.9. The van der Waals surface area contributed by atoms with Gasteiger partial charge >= 0.3 is 0 Å². The van der Waals surface area contributed by atoms with Crippen molar-refractivity contribution in [1.82, 2.24) is 0 Å². The molecule has 0 aromatic heterocycles.